The van der Waals surface area contributed by atoms with Crippen LogP contribution in [-0.4, -0.2) is 24.7 Å². The predicted molar refractivity (Wildman–Crippen MR) is 94.1 cm³/mol. The van der Waals surface area contributed by atoms with E-state index >= 15 is 0 Å². The van der Waals surface area contributed by atoms with Crippen LogP contribution in [0.2, 0.25) is 0 Å². The van der Waals surface area contributed by atoms with Crippen LogP contribution < -0.4 is 4.72 Å². The van der Waals surface area contributed by atoms with E-state index in [1.54, 1.807) is 17.8 Å². The average Bonchev–Trinajstić information content (AvgIpc) is 3.01. The fourth-order valence-electron chi connectivity index (χ4n) is 2.52. The van der Waals surface area contributed by atoms with E-state index in [-0.39, 0.29) is 4.90 Å². The van der Waals surface area contributed by atoms with Crippen LogP contribution in [0.1, 0.15) is 12.5 Å². The fourth-order valence-corrected chi connectivity index (χ4v) is 3.72. The maximum Gasteiger partial charge on any atom is 0.244 e. The lowest BCUT2D eigenvalue weighted by Gasteiger charge is -2.04. The quantitative estimate of drug-likeness (QED) is 0.750. The van der Waals surface area contributed by atoms with E-state index in [1.165, 1.54) is 0 Å². The van der Waals surface area contributed by atoms with Gasteiger partial charge in [-0.25, -0.2) is 13.1 Å². The highest BCUT2D eigenvalue weighted by Crippen LogP contribution is 2.26. The monoisotopic (exact) mass is 341 g/mol. The first-order valence-electron chi connectivity index (χ1n) is 7.76. The van der Waals surface area contributed by atoms with E-state index in [2.05, 4.69) is 9.82 Å². The third kappa shape index (κ3) is 3.55. The molecule has 0 bridgehead atoms. The molecule has 1 heterocycles. The van der Waals surface area contributed by atoms with E-state index in [0.717, 1.165) is 11.1 Å². The van der Waals surface area contributed by atoms with E-state index in [0.29, 0.717) is 18.8 Å². The molecule has 3 rings (SSSR count). The van der Waals surface area contributed by atoms with Crippen molar-refractivity contribution in [2.24, 2.45) is 0 Å². The lowest BCUT2D eigenvalue weighted by molar-refractivity contribution is 0.583. The highest BCUT2D eigenvalue weighted by molar-refractivity contribution is 7.89. The number of rotatable bonds is 6. The topological polar surface area (TPSA) is 64.0 Å². The molecule has 6 heteroatoms. The Balaban J connectivity index is 2.06. The van der Waals surface area contributed by atoms with Crippen LogP contribution in [0, 0.1) is 0 Å². The Bertz CT molecular complexity index is 904. The Morgan fingerprint density at radius 1 is 1.00 bits per heavy atom. The van der Waals surface area contributed by atoms with Gasteiger partial charge in [-0.1, -0.05) is 67.6 Å². The molecule has 24 heavy (non-hydrogen) atoms. The fraction of sp³-hybridized carbons (Fsp3) is 0.167. The van der Waals surface area contributed by atoms with E-state index < -0.39 is 10.0 Å². The van der Waals surface area contributed by atoms with Gasteiger partial charge in [0.15, 0.2) is 0 Å². The van der Waals surface area contributed by atoms with Gasteiger partial charge in [-0.2, -0.15) is 5.10 Å². The SMILES string of the molecule is CCNS(=O)(=O)c1cn(Cc2ccccc2)nc1-c1ccccc1. The van der Waals surface area contributed by atoms with Crippen LogP contribution in [0.4, 0.5) is 0 Å². The van der Waals surface area contributed by atoms with E-state index in [4.69, 9.17) is 0 Å². The van der Waals surface area contributed by atoms with Crippen LogP contribution in [0.3, 0.4) is 0 Å². The first-order chi connectivity index (χ1) is 11.6. The summed E-state index contributed by atoms with van der Waals surface area (Å²) in [6.45, 7) is 2.61. The Morgan fingerprint density at radius 2 is 1.62 bits per heavy atom. The molecule has 2 aromatic carbocycles. The van der Waals surface area contributed by atoms with Crippen LogP contribution in [0.25, 0.3) is 11.3 Å². The number of sulfonamides is 1. The molecule has 3 aromatic rings. The van der Waals surface area contributed by atoms with Gasteiger partial charge in [-0.15, -0.1) is 0 Å². The van der Waals surface area contributed by atoms with Gasteiger partial charge >= 0.3 is 0 Å². The molecule has 0 aliphatic heterocycles. The highest BCUT2D eigenvalue weighted by Gasteiger charge is 2.22. The smallest absolute Gasteiger partial charge is 0.244 e. The van der Waals surface area contributed by atoms with Crippen LogP contribution in [0.5, 0.6) is 0 Å². The molecule has 0 saturated heterocycles. The molecule has 0 radical (unpaired) electrons. The molecule has 0 spiro atoms. The van der Waals surface area contributed by atoms with Crippen molar-refractivity contribution in [3.05, 3.63) is 72.4 Å². The Hall–Kier alpha value is -2.44. The molecular formula is C18H19N3O2S. The van der Waals surface area contributed by atoms with Crippen molar-refractivity contribution in [1.82, 2.24) is 14.5 Å². The maximum absolute atomic E-state index is 12.5. The van der Waals surface area contributed by atoms with E-state index in [1.807, 2.05) is 60.7 Å². The molecule has 1 N–H and O–H groups in total. The van der Waals surface area contributed by atoms with Gasteiger partial charge in [0.1, 0.15) is 10.6 Å². The Labute approximate surface area is 142 Å². The number of benzene rings is 2. The van der Waals surface area contributed by atoms with Crippen molar-refractivity contribution in [3.63, 3.8) is 0 Å². The van der Waals surface area contributed by atoms with Gasteiger partial charge in [0, 0.05) is 18.3 Å². The maximum atomic E-state index is 12.5. The first kappa shape index (κ1) is 16.4. The summed E-state index contributed by atoms with van der Waals surface area (Å²) in [7, 11) is -3.59. The summed E-state index contributed by atoms with van der Waals surface area (Å²) < 4.78 is 29.3. The second-order valence-corrected chi connectivity index (χ2v) is 7.13. The summed E-state index contributed by atoms with van der Waals surface area (Å²) in [4.78, 5) is 0.200. The first-order valence-corrected chi connectivity index (χ1v) is 9.25. The molecule has 1 aromatic heterocycles. The number of nitrogens with one attached hydrogen (secondary N) is 1. The van der Waals surface area contributed by atoms with Gasteiger partial charge in [0.2, 0.25) is 10.0 Å². The Kier molecular flexibility index (Phi) is 4.78. The zero-order valence-electron chi connectivity index (χ0n) is 13.4. The summed E-state index contributed by atoms with van der Waals surface area (Å²) in [5.74, 6) is 0. The summed E-state index contributed by atoms with van der Waals surface area (Å²) in [5, 5.41) is 4.52. The van der Waals surface area contributed by atoms with E-state index in [9.17, 15) is 8.42 Å². The van der Waals surface area contributed by atoms with Crippen molar-refractivity contribution in [3.8, 4) is 11.3 Å². The van der Waals surface area contributed by atoms with Crippen molar-refractivity contribution in [2.75, 3.05) is 6.54 Å². The molecule has 5 nitrogen and oxygen atoms in total. The number of aromatic nitrogens is 2. The molecule has 124 valence electrons. The second-order valence-electron chi connectivity index (χ2n) is 5.39. The van der Waals surface area contributed by atoms with Gasteiger partial charge in [0.05, 0.1) is 6.54 Å². The van der Waals surface area contributed by atoms with Gasteiger partial charge in [-0.3, -0.25) is 4.68 Å². The normalized spacial score (nSPS) is 11.5. The molecule has 0 unspecified atom stereocenters. The number of hydrogen-bond donors (Lipinski definition) is 1. The molecule has 0 aliphatic carbocycles. The summed E-state index contributed by atoms with van der Waals surface area (Å²) >= 11 is 0. The minimum Gasteiger partial charge on any atom is -0.266 e. The molecule has 0 aliphatic rings. The van der Waals surface area contributed by atoms with Crippen molar-refractivity contribution >= 4 is 10.0 Å². The lowest BCUT2D eigenvalue weighted by Crippen LogP contribution is -2.23. The predicted octanol–water partition coefficient (Wildman–Crippen LogP) is 2.90. The van der Waals surface area contributed by atoms with Crippen molar-refractivity contribution in [1.29, 1.82) is 0 Å². The third-order valence-electron chi connectivity index (χ3n) is 3.59. The van der Waals surface area contributed by atoms with Gasteiger partial charge in [-0.05, 0) is 5.56 Å². The lowest BCUT2D eigenvalue weighted by atomic mass is 10.2. The largest absolute Gasteiger partial charge is 0.266 e. The Morgan fingerprint density at radius 3 is 2.25 bits per heavy atom. The molecule has 0 atom stereocenters. The summed E-state index contributed by atoms with van der Waals surface area (Å²) in [6.07, 6.45) is 1.59. The van der Waals surface area contributed by atoms with Crippen molar-refractivity contribution < 1.29 is 8.42 Å². The third-order valence-corrected chi connectivity index (χ3v) is 5.13. The average molecular weight is 341 g/mol. The standard InChI is InChI=1S/C18H19N3O2S/c1-2-19-24(22,23)17-14-21(13-15-9-5-3-6-10-15)20-18(17)16-11-7-4-8-12-16/h3-12,14,19H,2,13H2,1H3. The van der Waals surface area contributed by atoms with Gasteiger partial charge in [0.25, 0.3) is 0 Å². The molecule has 0 saturated carbocycles. The van der Waals surface area contributed by atoms with Crippen LogP contribution >= 0.6 is 0 Å². The zero-order chi connectivity index (χ0) is 17.0. The minimum atomic E-state index is -3.59. The minimum absolute atomic E-state index is 0.200. The molecule has 0 fully saturated rings. The summed E-state index contributed by atoms with van der Waals surface area (Å²) in [5.41, 5.74) is 2.31. The van der Waals surface area contributed by atoms with Gasteiger partial charge < -0.3 is 0 Å². The highest BCUT2D eigenvalue weighted by atomic mass is 32.2. The number of hydrogen-bond acceptors (Lipinski definition) is 3. The van der Waals surface area contributed by atoms with Crippen LogP contribution in [-0.2, 0) is 16.6 Å². The molecular weight excluding hydrogens is 322 g/mol. The van der Waals surface area contributed by atoms with Crippen LogP contribution in [0.15, 0.2) is 71.8 Å². The molecule has 0 amide bonds. The summed E-state index contributed by atoms with van der Waals surface area (Å²) in [6, 6.07) is 19.2. The van der Waals surface area contributed by atoms with Crippen molar-refractivity contribution in [2.45, 2.75) is 18.4 Å². The number of nitrogens with zero attached hydrogens (tertiary/aromatic N) is 2. The second kappa shape index (κ2) is 6.98. The zero-order valence-corrected chi connectivity index (χ0v) is 14.2.